The van der Waals surface area contributed by atoms with Crippen LogP contribution in [0.5, 0.6) is 0 Å². The lowest BCUT2D eigenvalue weighted by atomic mass is 9.83. The van der Waals surface area contributed by atoms with E-state index in [1.54, 1.807) is 0 Å². The predicted octanol–water partition coefficient (Wildman–Crippen LogP) is 3.81. The summed E-state index contributed by atoms with van der Waals surface area (Å²) in [5.41, 5.74) is -0.776. The van der Waals surface area contributed by atoms with Crippen LogP contribution in [-0.4, -0.2) is 63.4 Å². The van der Waals surface area contributed by atoms with Crippen molar-refractivity contribution < 1.29 is 30.9 Å². The second-order valence-electron chi connectivity index (χ2n) is 6.16. The van der Waals surface area contributed by atoms with E-state index in [9.17, 15) is 0 Å². The van der Waals surface area contributed by atoms with Crippen LogP contribution in [0.2, 0.25) is 11.1 Å². The van der Waals surface area contributed by atoms with Gasteiger partial charge in [0.15, 0.2) is 0 Å². The lowest BCUT2D eigenvalue weighted by Crippen LogP contribution is -2.69. The summed E-state index contributed by atoms with van der Waals surface area (Å²) in [5.74, 6) is -0.260. The van der Waals surface area contributed by atoms with Crippen molar-refractivity contribution in [1.82, 2.24) is 0 Å². The van der Waals surface area contributed by atoms with E-state index in [1.807, 2.05) is 48.5 Å². The van der Waals surface area contributed by atoms with Crippen molar-refractivity contribution in [3.63, 3.8) is 0 Å². The third kappa shape index (κ3) is 4.75. The molecule has 0 aliphatic heterocycles. The van der Waals surface area contributed by atoms with Gasteiger partial charge >= 0.3 is 17.6 Å². The number of hydrogen-bond donors (Lipinski definition) is 0. The van der Waals surface area contributed by atoms with Gasteiger partial charge in [-0.05, 0) is 47.5 Å². The number of hydrogen-bond acceptors (Lipinski definition) is 6. The highest BCUT2D eigenvalue weighted by atomic mass is 28.4. The van der Waals surface area contributed by atoms with Gasteiger partial charge in [0.25, 0.3) is 0 Å². The maximum absolute atomic E-state index is 15.2. The minimum absolute atomic E-state index is 0.242. The molecule has 0 heterocycles. The molecule has 0 bridgehead atoms. The zero-order valence-corrected chi connectivity index (χ0v) is 19.4. The van der Waals surface area contributed by atoms with E-state index in [2.05, 4.69) is 0 Å². The van der Waals surface area contributed by atoms with Crippen LogP contribution in [0.15, 0.2) is 0 Å². The van der Waals surface area contributed by atoms with E-state index in [1.165, 1.54) is 0 Å². The molecule has 4 unspecified atom stereocenters. The van der Waals surface area contributed by atoms with Gasteiger partial charge in [-0.3, -0.25) is 0 Å². The van der Waals surface area contributed by atoms with Gasteiger partial charge in [-0.25, -0.2) is 4.39 Å². The molecule has 4 atom stereocenters. The highest BCUT2D eigenvalue weighted by Gasteiger charge is 2.74. The van der Waals surface area contributed by atoms with Crippen molar-refractivity contribution in [3.8, 4) is 0 Å². The Balaban J connectivity index is 3.35. The molecular formula is C17H37FO6Si2. The highest BCUT2D eigenvalue weighted by molar-refractivity contribution is 6.70. The van der Waals surface area contributed by atoms with Crippen LogP contribution in [0.4, 0.5) is 4.39 Å². The van der Waals surface area contributed by atoms with Gasteiger partial charge in [-0.15, -0.1) is 0 Å². The molecule has 1 aliphatic carbocycles. The van der Waals surface area contributed by atoms with Crippen molar-refractivity contribution in [2.24, 2.45) is 5.92 Å². The Bertz CT molecular complexity index is 333. The van der Waals surface area contributed by atoms with Crippen LogP contribution in [0.1, 0.15) is 48.5 Å². The monoisotopic (exact) mass is 412 g/mol. The Morgan fingerprint density at radius 2 is 0.846 bits per heavy atom. The van der Waals surface area contributed by atoms with Crippen molar-refractivity contribution in [1.29, 1.82) is 0 Å². The van der Waals surface area contributed by atoms with Crippen LogP contribution in [0.25, 0.3) is 0 Å². The van der Waals surface area contributed by atoms with Gasteiger partial charge in [0.1, 0.15) is 6.17 Å². The van der Waals surface area contributed by atoms with Crippen molar-refractivity contribution >= 4 is 17.6 Å². The van der Waals surface area contributed by atoms with Crippen molar-refractivity contribution in [2.45, 2.75) is 65.7 Å². The van der Waals surface area contributed by atoms with Crippen LogP contribution < -0.4 is 0 Å². The number of halogens is 1. The summed E-state index contributed by atoms with van der Waals surface area (Å²) in [7, 11) is -6.38. The second kappa shape index (κ2) is 11.2. The molecule has 0 aromatic rings. The maximum Gasteiger partial charge on any atom is 0.507 e. The first-order valence-corrected chi connectivity index (χ1v) is 13.5. The fraction of sp³-hybridized carbons (Fsp3) is 1.00. The topological polar surface area (TPSA) is 55.4 Å². The molecule has 0 aromatic heterocycles. The number of alkyl halides is 1. The lowest BCUT2D eigenvalue weighted by Gasteiger charge is -2.55. The molecule has 1 fully saturated rings. The third-order valence-electron chi connectivity index (χ3n) is 4.69. The van der Waals surface area contributed by atoms with Crippen LogP contribution >= 0.6 is 0 Å². The predicted molar refractivity (Wildman–Crippen MR) is 103 cm³/mol. The zero-order valence-electron chi connectivity index (χ0n) is 17.4. The summed E-state index contributed by atoms with van der Waals surface area (Å²) >= 11 is 0. The van der Waals surface area contributed by atoms with Crippen LogP contribution in [-0.2, 0) is 26.6 Å². The molecule has 1 saturated carbocycles. The fourth-order valence-electron chi connectivity index (χ4n) is 3.90. The van der Waals surface area contributed by atoms with Crippen LogP contribution in [0, 0.1) is 5.92 Å². The van der Waals surface area contributed by atoms with E-state index < -0.39 is 29.3 Å². The quantitative estimate of drug-likeness (QED) is 0.404. The molecule has 0 N–H and O–H groups in total. The SMILES string of the molecule is CCO[Si](OCC)(OCC)C1C(C)C(F)C1[Si](OCC)(OCC)OCC. The molecule has 0 radical (unpaired) electrons. The molecule has 26 heavy (non-hydrogen) atoms. The van der Waals surface area contributed by atoms with E-state index in [4.69, 9.17) is 26.6 Å². The van der Waals surface area contributed by atoms with Gasteiger partial charge < -0.3 is 26.6 Å². The Hall–Kier alpha value is 0.124. The average molecular weight is 413 g/mol. The Morgan fingerprint density at radius 3 is 1.12 bits per heavy atom. The molecule has 0 aromatic carbocycles. The highest BCUT2D eigenvalue weighted by Crippen LogP contribution is 2.61. The summed E-state index contributed by atoms with van der Waals surface area (Å²) in [4.78, 5) is 0. The van der Waals surface area contributed by atoms with Gasteiger partial charge in [0, 0.05) is 45.2 Å². The van der Waals surface area contributed by atoms with Crippen molar-refractivity contribution in [3.05, 3.63) is 0 Å². The molecule has 156 valence electrons. The minimum Gasteiger partial charge on any atom is -0.374 e. The van der Waals surface area contributed by atoms with E-state index >= 15 is 4.39 Å². The Labute approximate surface area is 160 Å². The summed E-state index contributed by atoms with van der Waals surface area (Å²) in [6.45, 7) is 15.8. The van der Waals surface area contributed by atoms with Crippen LogP contribution in [0.3, 0.4) is 0 Å². The van der Waals surface area contributed by atoms with Gasteiger partial charge in [0.05, 0.1) is 5.54 Å². The largest absolute Gasteiger partial charge is 0.507 e. The smallest absolute Gasteiger partial charge is 0.374 e. The second-order valence-corrected chi connectivity index (χ2v) is 11.6. The van der Waals surface area contributed by atoms with E-state index in [-0.39, 0.29) is 11.5 Å². The average Bonchev–Trinajstić information content (AvgIpc) is 2.59. The molecule has 0 saturated heterocycles. The normalized spacial score (nSPS) is 26.8. The van der Waals surface area contributed by atoms with Gasteiger partial charge in [-0.2, -0.15) is 0 Å². The summed E-state index contributed by atoms with van der Waals surface area (Å²) in [6.07, 6.45) is -1.09. The molecule has 6 nitrogen and oxygen atoms in total. The first-order chi connectivity index (χ1) is 12.4. The lowest BCUT2D eigenvalue weighted by molar-refractivity contribution is -0.0264. The first-order valence-electron chi connectivity index (χ1n) is 9.91. The summed E-state index contributed by atoms with van der Waals surface area (Å²) < 4.78 is 51.4. The molecule has 0 amide bonds. The summed E-state index contributed by atoms with van der Waals surface area (Å²) in [6, 6.07) is 0. The van der Waals surface area contributed by atoms with E-state index in [0.717, 1.165) is 0 Å². The minimum atomic E-state index is -3.26. The van der Waals surface area contributed by atoms with Gasteiger partial charge in [-0.1, -0.05) is 6.92 Å². The molecule has 1 aliphatic rings. The Morgan fingerprint density at radius 1 is 0.577 bits per heavy atom. The van der Waals surface area contributed by atoms with Gasteiger partial charge in [0.2, 0.25) is 0 Å². The standard InChI is InChI=1S/C17H37FO6Si2/c1-8-19-25(20-9-2,21-10-3)16-14(7)15(18)17(16)26(22-11-4,23-12-5)24-13-6/h14-17H,8-13H2,1-7H3. The van der Waals surface area contributed by atoms with E-state index in [0.29, 0.717) is 39.6 Å². The van der Waals surface area contributed by atoms with Crippen molar-refractivity contribution in [2.75, 3.05) is 39.6 Å². The third-order valence-corrected chi connectivity index (χ3v) is 12.4. The molecular weight excluding hydrogens is 375 g/mol. The first kappa shape index (κ1) is 24.2. The molecule has 0 spiro atoms. The molecule has 9 heteroatoms. The maximum atomic E-state index is 15.2. The fourth-order valence-corrected chi connectivity index (χ4v) is 12.1. The zero-order chi connectivity index (χ0) is 19.8. The Kier molecular flexibility index (Phi) is 10.4. The number of rotatable bonds is 14. The molecule has 1 rings (SSSR count). The summed E-state index contributed by atoms with van der Waals surface area (Å²) in [5, 5.41) is 0.